The van der Waals surface area contributed by atoms with Gasteiger partial charge in [-0.1, -0.05) is 30.3 Å². The summed E-state index contributed by atoms with van der Waals surface area (Å²) in [5.74, 6) is 1.45. The smallest absolute Gasteiger partial charge is 0.225 e. The van der Waals surface area contributed by atoms with Crippen LogP contribution in [0.25, 0.3) is 33.9 Å². The number of hydrogen-bond acceptors (Lipinski definition) is 4. The number of imidazole rings is 1. The fraction of sp³-hybridized carbons (Fsp3) is 0.0909. The van der Waals surface area contributed by atoms with Crippen molar-refractivity contribution in [3.63, 3.8) is 0 Å². The number of pyridine rings is 2. The monoisotopic (exact) mass is 367 g/mol. The molecule has 6 heteroatoms. The molecular weight excluding hydrogens is 350 g/mol. The average molecular weight is 367 g/mol. The van der Waals surface area contributed by atoms with Gasteiger partial charge in [0.05, 0.1) is 11.4 Å². The first-order chi connectivity index (χ1) is 13.8. The molecule has 0 saturated carbocycles. The van der Waals surface area contributed by atoms with Crippen LogP contribution >= 0.6 is 0 Å². The van der Waals surface area contributed by atoms with Crippen molar-refractivity contribution in [1.82, 2.24) is 19.9 Å². The molecule has 0 radical (unpaired) electrons. The van der Waals surface area contributed by atoms with Crippen LogP contribution in [0.3, 0.4) is 0 Å². The van der Waals surface area contributed by atoms with E-state index in [1.807, 2.05) is 42.5 Å². The van der Waals surface area contributed by atoms with Crippen molar-refractivity contribution < 1.29 is 4.79 Å². The van der Waals surface area contributed by atoms with Gasteiger partial charge in [-0.3, -0.25) is 9.78 Å². The summed E-state index contributed by atoms with van der Waals surface area (Å²) in [4.78, 5) is 28.5. The van der Waals surface area contributed by atoms with Gasteiger partial charge in [0.15, 0.2) is 0 Å². The first-order valence-corrected chi connectivity index (χ1v) is 9.13. The standard InChI is InChI=1S/C22H17N5O/c28-18-7-6-16-12-17(13-24-21(16)25-18)20-19(14-8-10-23-11-9-14)26-22(27-20)15-4-2-1-3-5-15/h1-5,8-13H,6-7H2,(H,26,27)(H,24,25,28). The van der Waals surface area contributed by atoms with E-state index in [4.69, 9.17) is 4.98 Å². The highest BCUT2D eigenvalue weighted by molar-refractivity contribution is 5.93. The minimum Gasteiger partial charge on any atom is -0.337 e. The van der Waals surface area contributed by atoms with Crippen molar-refractivity contribution in [2.24, 2.45) is 0 Å². The van der Waals surface area contributed by atoms with Crippen LogP contribution in [0.15, 0.2) is 67.1 Å². The summed E-state index contributed by atoms with van der Waals surface area (Å²) in [5, 5.41) is 2.83. The van der Waals surface area contributed by atoms with Crippen molar-refractivity contribution in [3.05, 3.63) is 72.7 Å². The van der Waals surface area contributed by atoms with Crippen molar-refractivity contribution in [2.45, 2.75) is 12.8 Å². The number of nitrogens with one attached hydrogen (secondary N) is 2. The van der Waals surface area contributed by atoms with Gasteiger partial charge in [0.1, 0.15) is 11.6 Å². The van der Waals surface area contributed by atoms with Crippen molar-refractivity contribution >= 4 is 11.7 Å². The molecule has 28 heavy (non-hydrogen) atoms. The Kier molecular flexibility index (Phi) is 3.94. The highest BCUT2D eigenvalue weighted by atomic mass is 16.1. The highest BCUT2D eigenvalue weighted by Crippen LogP contribution is 2.34. The number of anilines is 1. The second kappa shape index (κ2) is 6.74. The molecule has 0 bridgehead atoms. The van der Waals surface area contributed by atoms with E-state index in [9.17, 15) is 4.79 Å². The molecule has 0 fully saturated rings. The predicted octanol–water partition coefficient (Wildman–Crippen LogP) is 4.09. The summed E-state index contributed by atoms with van der Waals surface area (Å²) < 4.78 is 0. The van der Waals surface area contributed by atoms with E-state index in [1.54, 1.807) is 18.6 Å². The SMILES string of the molecule is O=C1CCc2cc(-c3nc(-c4ccccc4)[nH]c3-c3ccncc3)cnc2N1. The maximum Gasteiger partial charge on any atom is 0.225 e. The first kappa shape index (κ1) is 16.4. The zero-order valence-electron chi connectivity index (χ0n) is 15.0. The van der Waals surface area contributed by atoms with Crippen molar-refractivity contribution in [3.8, 4) is 33.9 Å². The fourth-order valence-corrected chi connectivity index (χ4v) is 3.43. The number of aromatic nitrogens is 4. The Balaban J connectivity index is 1.66. The lowest BCUT2D eigenvalue weighted by atomic mass is 10.0. The van der Waals surface area contributed by atoms with Crippen LogP contribution in [0.2, 0.25) is 0 Å². The molecule has 0 atom stereocenters. The number of hydrogen-bond donors (Lipinski definition) is 2. The quantitative estimate of drug-likeness (QED) is 0.571. The van der Waals surface area contributed by atoms with Gasteiger partial charge in [0.25, 0.3) is 0 Å². The first-order valence-electron chi connectivity index (χ1n) is 9.13. The predicted molar refractivity (Wildman–Crippen MR) is 107 cm³/mol. The number of fused-ring (bicyclic) bond motifs is 1. The lowest BCUT2D eigenvalue weighted by Crippen LogP contribution is -2.20. The molecule has 1 aliphatic rings. The molecule has 1 amide bonds. The van der Waals surface area contributed by atoms with E-state index < -0.39 is 0 Å². The minimum absolute atomic E-state index is 0.0105. The van der Waals surface area contributed by atoms with Crippen LogP contribution in [0, 0.1) is 0 Å². The third kappa shape index (κ3) is 2.95. The number of aromatic amines is 1. The van der Waals surface area contributed by atoms with Crippen molar-refractivity contribution in [2.75, 3.05) is 5.32 Å². The molecule has 3 aromatic heterocycles. The fourth-order valence-electron chi connectivity index (χ4n) is 3.43. The van der Waals surface area contributed by atoms with Gasteiger partial charge in [-0.05, 0) is 30.2 Å². The molecule has 2 N–H and O–H groups in total. The molecule has 136 valence electrons. The van der Waals surface area contributed by atoms with Crippen LogP contribution in [-0.2, 0) is 11.2 Å². The zero-order valence-corrected chi connectivity index (χ0v) is 15.0. The van der Waals surface area contributed by atoms with Crippen LogP contribution in [-0.4, -0.2) is 25.8 Å². The molecule has 1 aliphatic heterocycles. The van der Waals surface area contributed by atoms with E-state index in [2.05, 4.69) is 26.3 Å². The molecule has 0 unspecified atom stereocenters. The molecule has 0 saturated heterocycles. The number of rotatable bonds is 3. The molecular formula is C22H17N5O. The maximum atomic E-state index is 11.6. The van der Waals surface area contributed by atoms with Crippen LogP contribution in [0.1, 0.15) is 12.0 Å². The van der Waals surface area contributed by atoms with Gasteiger partial charge in [-0.2, -0.15) is 0 Å². The maximum absolute atomic E-state index is 11.6. The highest BCUT2D eigenvalue weighted by Gasteiger charge is 2.20. The number of carbonyl (C=O) groups is 1. The Labute approximate surface area is 161 Å². The van der Waals surface area contributed by atoms with E-state index >= 15 is 0 Å². The summed E-state index contributed by atoms with van der Waals surface area (Å²) >= 11 is 0. The van der Waals surface area contributed by atoms with Gasteiger partial charge in [0.2, 0.25) is 5.91 Å². The van der Waals surface area contributed by atoms with E-state index in [1.165, 1.54) is 0 Å². The number of aryl methyl sites for hydroxylation is 1. The third-order valence-corrected chi connectivity index (χ3v) is 4.84. The topological polar surface area (TPSA) is 83.6 Å². The Hall–Kier alpha value is -3.80. The van der Waals surface area contributed by atoms with Gasteiger partial charge in [0, 0.05) is 41.7 Å². The van der Waals surface area contributed by atoms with Gasteiger partial charge in [-0.15, -0.1) is 0 Å². The zero-order chi connectivity index (χ0) is 18.9. The molecule has 6 nitrogen and oxygen atoms in total. The van der Waals surface area contributed by atoms with E-state index in [-0.39, 0.29) is 5.91 Å². The normalized spacial score (nSPS) is 13.1. The van der Waals surface area contributed by atoms with Gasteiger partial charge in [-0.25, -0.2) is 9.97 Å². The summed E-state index contributed by atoms with van der Waals surface area (Å²) in [6, 6.07) is 16.0. The lowest BCUT2D eigenvalue weighted by Gasteiger charge is -2.16. The van der Waals surface area contributed by atoms with Crippen LogP contribution < -0.4 is 5.32 Å². The lowest BCUT2D eigenvalue weighted by molar-refractivity contribution is -0.116. The molecule has 1 aromatic carbocycles. The Bertz CT molecular complexity index is 1150. The largest absolute Gasteiger partial charge is 0.337 e. The van der Waals surface area contributed by atoms with Gasteiger partial charge < -0.3 is 10.3 Å². The number of nitrogens with zero attached hydrogens (tertiary/aromatic N) is 3. The Morgan fingerprint density at radius 2 is 1.71 bits per heavy atom. The number of benzene rings is 1. The Morgan fingerprint density at radius 3 is 2.54 bits per heavy atom. The number of amides is 1. The number of H-pyrrole nitrogens is 1. The molecule has 5 rings (SSSR count). The third-order valence-electron chi connectivity index (χ3n) is 4.84. The number of carbonyl (C=O) groups excluding carboxylic acids is 1. The summed E-state index contributed by atoms with van der Waals surface area (Å²) in [5.41, 5.74) is 5.72. The van der Waals surface area contributed by atoms with Crippen LogP contribution in [0.4, 0.5) is 5.82 Å². The second-order valence-electron chi connectivity index (χ2n) is 6.69. The van der Waals surface area contributed by atoms with Crippen molar-refractivity contribution in [1.29, 1.82) is 0 Å². The summed E-state index contributed by atoms with van der Waals surface area (Å²) in [7, 11) is 0. The summed E-state index contributed by atoms with van der Waals surface area (Å²) in [6.07, 6.45) is 6.46. The Morgan fingerprint density at radius 1 is 0.893 bits per heavy atom. The van der Waals surface area contributed by atoms with E-state index in [0.29, 0.717) is 18.7 Å². The van der Waals surface area contributed by atoms with Gasteiger partial charge >= 0.3 is 0 Å². The molecule has 4 aromatic rings. The average Bonchev–Trinajstić information content (AvgIpc) is 3.20. The molecule has 0 aliphatic carbocycles. The van der Waals surface area contributed by atoms with Crippen LogP contribution in [0.5, 0.6) is 0 Å². The molecule has 0 spiro atoms. The summed E-state index contributed by atoms with van der Waals surface area (Å²) in [6.45, 7) is 0. The van der Waals surface area contributed by atoms with E-state index in [0.717, 1.165) is 39.5 Å². The molecule has 4 heterocycles. The second-order valence-corrected chi connectivity index (χ2v) is 6.69. The minimum atomic E-state index is 0.0105.